The Kier molecular flexibility index (Phi) is 7.72. The lowest BCUT2D eigenvalue weighted by molar-refractivity contribution is -0.120. The molecule has 0 heterocycles. The Labute approximate surface area is 212 Å². The van der Waals surface area contributed by atoms with Gasteiger partial charge in [0.15, 0.2) is 0 Å². The fourth-order valence-electron chi connectivity index (χ4n) is 3.54. The number of amides is 2. The molecule has 0 radical (unpaired) electrons. The summed E-state index contributed by atoms with van der Waals surface area (Å²) in [6.07, 6.45) is 1.41. The van der Waals surface area contributed by atoms with Gasteiger partial charge < -0.3 is 10.1 Å². The first kappa shape index (κ1) is 24.6. The quantitative estimate of drug-likeness (QED) is 0.163. The monoisotopic (exact) mass is 499 g/mol. The largest absolute Gasteiger partial charge is 0.422 e. The number of hydrogen-bond acceptors (Lipinski definition) is 5. The van der Waals surface area contributed by atoms with Gasteiger partial charge in [0.05, 0.1) is 28.9 Å². The summed E-state index contributed by atoms with van der Waals surface area (Å²) in [7, 11) is 0. The summed E-state index contributed by atoms with van der Waals surface area (Å²) in [6.45, 7) is 1.59. The van der Waals surface area contributed by atoms with Crippen LogP contribution in [-0.2, 0) is 4.79 Å². The Morgan fingerprint density at radius 2 is 1.72 bits per heavy atom. The molecule has 0 spiro atoms. The van der Waals surface area contributed by atoms with Crippen LogP contribution in [-0.4, -0.2) is 30.5 Å². The predicted octanol–water partition coefficient (Wildman–Crippen LogP) is 4.90. The van der Waals surface area contributed by atoms with Crippen LogP contribution < -0.4 is 15.5 Å². The van der Waals surface area contributed by atoms with Crippen LogP contribution in [0.5, 0.6) is 5.75 Å². The van der Waals surface area contributed by atoms with Gasteiger partial charge in [-0.15, -0.1) is 0 Å². The van der Waals surface area contributed by atoms with Crippen molar-refractivity contribution in [3.63, 3.8) is 0 Å². The van der Waals surface area contributed by atoms with E-state index in [1.54, 1.807) is 48.5 Å². The van der Waals surface area contributed by atoms with Crippen LogP contribution in [0.2, 0.25) is 5.02 Å². The van der Waals surface area contributed by atoms with Gasteiger partial charge in [0, 0.05) is 5.56 Å². The Bertz CT molecular complexity index is 1480. The maximum Gasteiger partial charge on any atom is 0.343 e. The van der Waals surface area contributed by atoms with Crippen molar-refractivity contribution in [2.24, 2.45) is 5.10 Å². The number of esters is 1. The van der Waals surface area contributed by atoms with Crippen molar-refractivity contribution in [3.05, 3.63) is 112 Å². The van der Waals surface area contributed by atoms with E-state index in [1.807, 2.05) is 43.3 Å². The first-order valence-electron chi connectivity index (χ1n) is 11.1. The minimum atomic E-state index is -0.537. The number of nitrogens with one attached hydrogen (secondary N) is 2. The van der Waals surface area contributed by atoms with Gasteiger partial charge in [-0.25, -0.2) is 10.2 Å². The lowest BCUT2D eigenvalue weighted by Crippen LogP contribution is -2.35. The number of hydrazone groups is 1. The van der Waals surface area contributed by atoms with E-state index in [2.05, 4.69) is 15.8 Å². The Morgan fingerprint density at radius 1 is 0.944 bits per heavy atom. The molecule has 2 amide bonds. The van der Waals surface area contributed by atoms with E-state index in [0.717, 1.165) is 16.3 Å². The first-order valence-corrected chi connectivity index (χ1v) is 11.5. The molecule has 0 saturated carbocycles. The molecule has 180 valence electrons. The van der Waals surface area contributed by atoms with E-state index in [4.69, 9.17) is 16.3 Å². The summed E-state index contributed by atoms with van der Waals surface area (Å²) in [5.74, 6) is -1.22. The lowest BCUT2D eigenvalue weighted by atomic mass is 10.0. The van der Waals surface area contributed by atoms with E-state index < -0.39 is 17.8 Å². The molecule has 36 heavy (non-hydrogen) atoms. The summed E-state index contributed by atoms with van der Waals surface area (Å²) in [5, 5.41) is 8.51. The van der Waals surface area contributed by atoms with Crippen LogP contribution in [0, 0.1) is 6.92 Å². The number of ether oxygens (including phenoxy) is 1. The highest BCUT2D eigenvalue weighted by Gasteiger charge is 2.14. The van der Waals surface area contributed by atoms with Gasteiger partial charge >= 0.3 is 5.97 Å². The topological polar surface area (TPSA) is 96.9 Å². The third-order valence-corrected chi connectivity index (χ3v) is 5.63. The number of rotatable bonds is 7. The highest BCUT2D eigenvalue weighted by Crippen LogP contribution is 2.27. The smallest absolute Gasteiger partial charge is 0.343 e. The van der Waals surface area contributed by atoms with Crippen molar-refractivity contribution >= 4 is 46.4 Å². The number of nitrogens with zero attached hydrogens (tertiary/aromatic N) is 1. The second-order valence-electron chi connectivity index (χ2n) is 7.91. The average molecular weight is 500 g/mol. The van der Waals surface area contributed by atoms with E-state index in [1.165, 1.54) is 6.21 Å². The van der Waals surface area contributed by atoms with Crippen molar-refractivity contribution in [2.45, 2.75) is 6.92 Å². The predicted molar refractivity (Wildman–Crippen MR) is 140 cm³/mol. The highest BCUT2D eigenvalue weighted by atomic mass is 35.5. The number of hydrogen-bond donors (Lipinski definition) is 2. The van der Waals surface area contributed by atoms with Crippen LogP contribution in [0.3, 0.4) is 0 Å². The zero-order valence-electron chi connectivity index (χ0n) is 19.3. The van der Waals surface area contributed by atoms with Gasteiger partial charge in [-0.3, -0.25) is 9.59 Å². The summed E-state index contributed by atoms with van der Waals surface area (Å²) < 4.78 is 5.68. The van der Waals surface area contributed by atoms with Gasteiger partial charge in [-0.1, -0.05) is 71.8 Å². The molecular weight excluding hydrogens is 478 g/mol. The standard InChI is InChI=1S/C28H22ClN3O4/c1-18-7-6-9-20(15-18)28(35)36-25-14-13-19-8-2-3-10-21(19)23(25)16-31-32-26(33)17-30-27(34)22-11-4-5-12-24(22)29/h2-16H,17H2,1H3,(H,30,34)(H,32,33)/b31-16-. The summed E-state index contributed by atoms with van der Waals surface area (Å²) in [5.41, 5.74) is 4.54. The van der Waals surface area contributed by atoms with Crippen LogP contribution >= 0.6 is 11.6 Å². The normalized spacial score (nSPS) is 10.8. The summed E-state index contributed by atoms with van der Waals surface area (Å²) in [4.78, 5) is 37.2. The molecule has 0 aliphatic rings. The molecule has 0 fully saturated rings. The number of benzene rings is 4. The van der Waals surface area contributed by atoms with Gasteiger partial charge in [0.1, 0.15) is 5.75 Å². The number of carbonyl (C=O) groups is 3. The molecular formula is C28H22ClN3O4. The number of halogens is 1. The molecule has 0 unspecified atom stereocenters. The first-order chi connectivity index (χ1) is 17.4. The molecule has 0 aliphatic heterocycles. The number of aryl methyl sites for hydroxylation is 1. The molecule has 7 nitrogen and oxygen atoms in total. The minimum Gasteiger partial charge on any atom is -0.422 e. The van der Waals surface area contributed by atoms with E-state index in [0.29, 0.717) is 16.9 Å². The van der Waals surface area contributed by atoms with E-state index in [9.17, 15) is 14.4 Å². The van der Waals surface area contributed by atoms with Crippen LogP contribution in [0.1, 0.15) is 31.8 Å². The fourth-order valence-corrected chi connectivity index (χ4v) is 3.76. The van der Waals surface area contributed by atoms with Gasteiger partial charge in [0.2, 0.25) is 0 Å². The Morgan fingerprint density at radius 3 is 2.53 bits per heavy atom. The van der Waals surface area contributed by atoms with Crippen molar-refractivity contribution in [3.8, 4) is 5.75 Å². The Balaban J connectivity index is 1.48. The molecule has 8 heteroatoms. The third kappa shape index (κ3) is 5.95. The molecule has 0 aromatic heterocycles. The second-order valence-corrected chi connectivity index (χ2v) is 8.32. The zero-order chi connectivity index (χ0) is 25.5. The Hall–Kier alpha value is -4.49. The maximum atomic E-state index is 12.7. The van der Waals surface area contributed by atoms with Crippen LogP contribution in [0.15, 0.2) is 90.0 Å². The average Bonchev–Trinajstić information content (AvgIpc) is 2.88. The molecule has 0 saturated heterocycles. The van der Waals surface area contributed by atoms with E-state index in [-0.39, 0.29) is 17.1 Å². The zero-order valence-corrected chi connectivity index (χ0v) is 20.1. The van der Waals surface area contributed by atoms with E-state index >= 15 is 0 Å². The van der Waals surface area contributed by atoms with Crippen LogP contribution in [0.4, 0.5) is 0 Å². The minimum absolute atomic E-state index is 0.270. The lowest BCUT2D eigenvalue weighted by Gasteiger charge is -2.11. The molecule has 0 bridgehead atoms. The summed E-state index contributed by atoms with van der Waals surface area (Å²) in [6, 6.07) is 24.7. The van der Waals surface area contributed by atoms with Gasteiger partial charge in [-0.2, -0.15) is 5.10 Å². The number of fused-ring (bicyclic) bond motifs is 1. The third-order valence-electron chi connectivity index (χ3n) is 5.30. The highest BCUT2D eigenvalue weighted by molar-refractivity contribution is 6.33. The van der Waals surface area contributed by atoms with Crippen LogP contribution in [0.25, 0.3) is 10.8 Å². The molecule has 0 atom stereocenters. The molecule has 4 aromatic rings. The maximum absolute atomic E-state index is 12.7. The molecule has 4 rings (SSSR count). The van der Waals surface area contributed by atoms with Crippen molar-refractivity contribution < 1.29 is 19.1 Å². The van der Waals surface area contributed by atoms with Crippen molar-refractivity contribution in [2.75, 3.05) is 6.54 Å². The number of carbonyl (C=O) groups excluding carboxylic acids is 3. The van der Waals surface area contributed by atoms with Gasteiger partial charge in [0.25, 0.3) is 11.8 Å². The van der Waals surface area contributed by atoms with Gasteiger partial charge in [-0.05, 0) is 48.0 Å². The molecule has 0 aliphatic carbocycles. The van der Waals surface area contributed by atoms with Crippen molar-refractivity contribution in [1.29, 1.82) is 0 Å². The molecule has 4 aromatic carbocycles. The molecule has 2 N–H and O–H groups in total. The van der Waals surface area contributed by atoms with Crippen molar-refractivity contribution in [1.82, 2.24) is 10.7 Å². The summed E-state index contributed by atoms with van der Waals surface area (Å²) >= 11 is 6.01. The SMILES string of the molecule is Cc1cccc(C(=O)Oc2ccc3ccccc3c2/C=N\NC(=O)CNC(=O)c2ccccc2Cl)c1. The second kappa shape index (κ2) is 11.3. The fraction of sp³-hybridized carbons (Fsp3) is 0.0714.